The van der Waals surface area contributed by atoms with Crippen molar-refractivity contribution in [1.82, 2.24) is 4.90 Å². The lowest BCUT2D eigenvalue weighted by Crippen LogP contribution is -2.36. The van der Waals surface area contributed by atoms with Gasteiger partial charge in [0.2, 0.25) is 0 Å². The van der Waals surface area contributed by atoms with E-state index in [0.29, 0.717) is 4.91 Å². The number of imide groups is 1. The van der Waals surface area contributed by atoms with Crippen LogP contribution < -0.4 is 4.90 Å². The van der Waals surface area contributed by atoms with Crippen LogP contribution in [0.3, 0.4) is 0 Å². The molecular weight excluding hydrogens is 364 g/mol. The van der Waals surface area contributed by atoms with E-state index in [0.717, 1.165) is 33.9 Å². The van der Waals surface area contributed by atoms with E-state index < -0.39 is 0 Å². The number of halogens is 1. The molecule has 1 aromatic rings. The molecule has 0 bridgehead atoms. The molecule has 1 fully saturated rings. The minimum Gasteiger partial charge on any atom is -0.377 e. The topological polar surface area (TPSA) is 40.6 Å². The zero-order valence-electron chi connectivity index (χ0n) is 13.1. The van der Waals surface area contributed by atoms with Gasteiger partial charge in [-0.05, 0) is 64.8 Å². The van der Waals surface area contributed by atoms with E-state index in [1.165, 1.54) is 4.90 Å². The van der Waals surface area contributed by atoms with E-state index in [4.69, 9.17) is 0 Å². The number of nitrogens with zero attached hydrogens (tertiary/aromatic N) is 2. The Balaban J connectivity index is 2.29. The summed E-state index contributed by atoms with van der Waals surface area (Å²) in [6.07, 6.45) is 2.53. The van der Waals surface area contributed by atoms with Gasteiger partial charge in [-0.2, -0.15) is 0 Å². The summed E-state index contributed by atoms with van der Waals surface area (Å²) in [5.41, 5.74) is 1.96. The Morgan fingerprint density at radius 3 is 2.59 bits per heavy atom. The van der Waals surface area contributed by atoms with Crippen LogP contribution in [-0.2, 0) is 4.79 Å². The van der Waals surface area contributed by atoms with Gasteiger partial charge in [-0.1, -0.05) is 13.0 Å². The molecule has 1 aliphatic heterocycles. The Morgan fingerprint density at radius 1 is 1.36 bits per heavy atom. The summed E-state index contributed by atoms with van der Waals surface area (Å²) >= 11 is 4.54. The van der Waals surface area contributed by atoms with Crippen molar-refractivity contribution in [3.8, 4) is 0 Å². The number of amides is 2. The Labute approximate surface area is 143 Å². The number of thioether (sulfide) groups is 1. The lowest BCUT2D eigenvalue weighted by Gasteiger charge is -2.19. The first-order chi connectivity index (χ1) is 10.3. The van der Waals surface area contributed by atoms with Gasteiger partial charge in [0, 0.05) is 24.6 Å². The molecule has 0 radical (unpaired) electrons. The Bertz CT molecular complexity index is 643. The summed E-state index contributed by atoms with van der Waals surface area (Å²) in [6.45, 7) is 3.86. The standard InChI is InChI=1S/C16H19BrN2O2S/c1-5-10(2)19-15(20)14(22-16(19)21)9-11-6-7-13(18(3)4)12(17)8-11/h6-10H,5H2,1-4H3. The van der Waals surface area contributed by atoms with Gasteiger partial charge in [0.15, 0.2) is 0 Å². The molecule has 6 heteroatoms. The normalized spacial score (nSPS) is 18.2. The van der Waals surface area contributed by atoms with Gasteiger partial charge in [-0.15, -0.1) is 0 Å². The van der Waals surface area contributed by atoms with Crippen LogP contribution in [0.15, 0.2) is 27.6 Å². The van der Waals surface area contributed by atoms with Crippen molar-refractivity contribution in [1.29, 1.82) is 0 Å². The molecule has 2 rings (SSSR count). The van der Waals surface area contributed by atoms with Crippen LogP contribution in [0.25, 0.3) is 6.08 Å². The number of hydrogen-bond donors (Lipinski definition) is 0. The zero-order valence-corrected chi connectivity index (χ0v) is 15.5. The molecule has 118 valence electrons. The van der Waals surface area contributed by atoms with Crippen LogP contribution in [0.2, 0.25) is 0 Å². The molecule has 2 amide bonds. The predicted octanol–water partition coefficient (Wildman–Crippen LogP) is 4.35. The first kappa shape index (κ1) is 17.1. The summed E-state index contributed by atoms with van der Waals surface area (Å²) < 4.78 is 0.951. The monoisotopic (exact) mass is 382 g/mol. The van der Waals surface area contributed by atoms with Crippen molar-refractivity contribution in [2.45, 2.75) is 26.3 Å². The van der Waals surface area contributed by atoms with Gasteiger partial charge in [-0.25, -0.2) is 0 Å². The van der Waals surface area contributed by atoms with E-state index in [9.17, 15) is 9.59 Å². The van der Waals surface area contributed by atoms with Crippen LogP contribution in [0.4, 0.5) is 10.5 Å². The molecule has 1 aromatic carbocycles. The molecule has 0 saturated carbocycles. The lowest BCUT2D eigenvalue weighted by molar-refractivity contribution is -0.124. The number of benzene rings is 1. The molecule has 0 aromatic heterocycles. The van der Waals surface area contributed by atoms with Crippen LogP contribution in [0.1, 0.15) is 25.8 Å². The molecule has 22 heavy (non-hydrogen) atoms. The fourth-order valence-electron chi connectivity index (χ4n) is 2.17. The summed E-state index contributed by atoms with van der Waals surface area (Å²) in [6, 6.07) is 5.81. The maximum Gasteiger partial charge on any atom is 0.293 e. The smallest absolute Gasteiger partial charge is 0.293 e. The number of anilines is 1. The highest BCUT2D eigenvalue weighted by molar-refractivity contribution is 9.10. The second-order valence-corrected chi connectivity index (χ2v) is 7.26. The first-order valence-corrected chi connectivity index (χ1v) is 8.70. The van der Waals surface area contributed by atoms with Gasteiger partial charge in [-0.3, -0.25) is 14.5 Å². The molecule has 1 aliphatic rings. The molecular formula is C16H19BrN2O2S. The first-order valence-electron chi connectivity index (χ1n) is 7.09. The van der Waals surface area contributed by atoms with Gasteiger partial charge in [0.25, 0.3) is 11.1 Å². The van der Waals surface area contributed by atoms with Gasteiger partial charge >= 0.3 is 0 Å². The maximum atomic E-state index is 12.4. The fourth-order valence-corrected chi connectivity index (χ4v) is 3.85. The predicted molar refractivity (Wildman–Crippen MR) is 96.0 cm³/mol. The SMILES string of the molecule is CCC(C)N1C(=O)SC(=Cc2ccc(N(C)C)c(Br)c2)C1=O. The molecule has 0 aliphatic carbocycles. The highest BCUT2D eigenvalue weighted by atomic mass is 79.9. The quantitative estimate of drug-likeness (QED) is 0.725. The average molecular weight is 383 g/mol. The minimum atomic E-state index is -0.197. The van der Waals surface area contributed by atoms with Crippen molar-refractivity contribution in [2.75, 3.05) is 19.0 Å². The molecule has 1 saturated heterocycles. The Morgan fingerprint density at radius 2 is 2.05 bits per heavy atom. The Kier molecular flexibility index (Phi) is 5.34. The van der Waals surface area contributed by atoms with Crippen LogP contribution >= 0.6 is 27.7 Å². The van der Waals surface area contributed by atoms with E-state index in [2.05, 4.69) is 15.9 Å². The molecule has 1 atom stereocenters. The Hall–Kier alpha value is -1.27. The van der Waals surface area contributed by atoms with Gasteiger partial charge in [0.1, 0.15) is 0 Å². The number of hydrogen-bond acceptors (Lipinski definition) is 4. The summed E-state index contributed by atoms with van der Waals surface area (Å²) in [5, 5.41) is -0.186. The summed E-state index contributed by atoms with van der Waals surface area (Å²) in [5.74, 6) is -0.197. The lowest BCUT2D eigenvalue weighted by atomic mass is 10.1. The summed E-state index contributed by atoms with van der Waals surface area (Å²) in [7, 11) is 3.94. The van der Waals surface area contributed by atoms with Crippen LogP contribution in [0.5, 0.6) is 0 Å². The molecule has 4 nitrogen and oxygen atoms in total. The van der Waals surface area contributed by atoms with E-state index >= 15 is 0 Å². The molecule has 1 heterocycles. The van der Waals surface area contributed by atoms with Crippen molar-refractivity contribution in [2.24, 2.45) is 0 Å². The zero-order chi connectivity index (χ0) is 16.4. The van der Waals surface area contributed by atoms with E-state index in [-0.39, 0.29) is 17.2 Å². The average Bonchev–Trinajstić information content (AvgIpc) is 2.72. The van der Waals surface area contributed by atoms with Crippen molar-refractivity contribution in [3.63, 3.8) is 0 Å². The van der Waals surface area contributed by atoms with E-state index in [1.807, 2.05) is 51.0 Å². The maximum absolute atomic E-state index is 12.4. The van der Waals surface area contributed by atoms with Crippen molar-refractivity contribution >= 4 is 50.6 Å². The molecule has 1 unspecified atom stereocenters. The highest BCUT2D eigenvalue weighted by Gasteiger charge is 2.37. The third-order valence-electron chi connectivity index (χ3n) is 3.61. The van der Waals surface area contributed by atoms with E-state index in [1.54, 1.807) is 6.08 Å². The largest absolute Gasteiger partial charge is 0.377 e. The number of rotatable bonds is 4. The van der Waals surface area contributed by atoms with Gasteiger partial charge < -0.3 is 4.90 Å². The fraction of sp³-hybridized carbons (Fsp3) is 0.375. The third-order valence-corrected chi connectivity index (χ3v) is 5.13. The van der Waals surface area contributed by atoms with Crippen LogP contribution in [0, 0.1) is 0 Å². The van der Waals surface area contributed by atoms with Crippen molar-refractivity contribution in [3.05, 3.63) is 33.1 Å². The third kappa shape index (κ3) is 3.38. The van der Waals surface area contributed by atoms with Crippen molar-refractivity contribution < 1.29 is 9.59 Å². The number of carbonyl (C=O) groups is 2. The van der Waals surface area contributed by atoms with Crippen LogP contribution in [-0.4, -0.2) is 36.2 Å². The molecule has 0 N–H and O–H groups in total. The van der Waals surface area contributed by atoms with Gasteiger partial charge in [0.05, 0.1) is 10.6 Å². The molecule has 0 spiro atoms. The second kappa shape index (κ2) is 6.87. The highest BCUT2D eigenvalue weighted by Crippen LogP contribution is 2.35. The second-order valence-electron chi connectivity index (χ2n) is 5.41. The number of carbonyl (C=O) groups excluding carboxylic acids is 2. The minimum absolute atomic E-state index is 0.0683. The summed E-state index contributed by atoms with van der Waals surface area (Å²) in [4.78, 5) is 28.2.